The van der Waals surface area contributed by atoms with Crippen LogP contribution >= 0.6 is 11.6 Å². The van der Waals surface area contributed by atoms with Crippen molar-refractivity contribution in [3.05, 3.63) is 59.4 Å². The Morgan fingerprint density at radius 2 is 2.04 bits per heavy atom. The predicted molar refractivity (Wildman–Crippen MR) is 90.3 cm³/mol. The fraction of sp³-hybridized carbons (Fsp3) is 0.0625. The molecule has 3 rings (SSSR count). The first-order valence-electron chi connectivity index (χ1n) is 7.18. The van der Waals surface area contributed by atoms with Gasteiger partial charge in [-0.25, -0.2) is 9.48 Å². The van der Waals surface area contributed by atoms with E-state index in [0.29, 0.717) is 16.4 Å². The van der Waals surface area contributed by atoms with Gasteiger partial charge in [0.25, 0.3) is 0 Å². The number of carboxylic acids is 1. The van der Waals surface area contributed by atoms with E-state index in [1.54, 1.807) is 42.5 Å². The highest BCUT2D eigenvalue weighted by atomic mass is 35.5. The van der Waals surface area contributed by atoms with Gasteiger partial charge < -0.3 is 10.4 Å². The third-order valence-electron chi connectivity index (χ3n) is 3.25. The molecule has 8 nitrogen and oxygen atoms in total. The van der Waals surface area contributed by atoms with Crippen LogP contribution in [0.5, 0.6) is 0 Å². The zero-order valence-corrected chi connectivity index (χ0v) is 13.5. The van der Waals surface area contributed by atoms with Crippen molar-refractivity contribution in [1.82, 2.24) is 20.0 Å². The molecule has 0 saturated heterocycles. The molecule has 0 aliphatic carbocycles. The van der Waals surface area contributed by atoms with Crippen LogP contribution in [0.25, 0.3) is 11.4 Å². The summed E-state index contributed by atoms with van der Waals surface area (Å²) in [5, 5.41) is 19.8. The molecule has 25 heavy (non-hydrogen) atoms. The zero-order valence-electron chi connectivity index (χ0n) is 12.8. The zero-order chi connectivity index (χ0) is 17.8. The maximum Gasteiger partial charge on any atom is 0.358 e. The normalized spacial score (nSPS) is 10.4. The molecule has 2 N–H and O–H groups in total. The first kappa shape index (κ1) is 16.6. The van der Waals surface area contributed by atoms with Crippen LogP contribution in [-0.2, 0) is 11.3 Å². The second kappa shape index (κ2) is 7.10. The van der Waals surface area contributed by atoms with E-state index in [1.807, 2.05) is 0 Å². The summed E-state index contributed by atoms with van der Waals surface area (Å²) in [4.78, 5) is 27.7. The molecule has 0 spiro atoms. The molecule has 1 aromatic carbocycles. The highest BCUT2D eigenvalue weighted by Gasteiger charge is 2.22. The summed E-state index contributed by atoms with van der Waals surface area (Å²) < 4.78 is 1.20. The number of carbonyl (C=O) groups is 2. The molecule has 0 fully saturated rings. The van der Waals surface area contributed by atoms with E-state index in [4.69, 9.17) is 11.6 Å². The third kappa shape index (κ3) is 3.81. The van der Waals surface area contributed by atoms with Gasteiger partial charge >= 0.3 is 5.97 Å². The number of rotatable bonds is 5. The fourth-order valence-electron chi connectivity index (χ4n) is 2.23. The van der Waals surface area contributed by atoms with Crippen molar-refractivity contribution < 1.29 is 14.7 Å². The van der Waals surface area contributed by atoms with Crippen LogP contribution in [0, 0.1) is 0 Å². The Morgan fingerprint density at radius 1 is 1.20 bits per heavy atom. The van der Waals surface area contributed by atoms with E-state index in [0.717, 1.165) is 0 Å². The molecule has 0 saturated carbocycles. The van der Waals surface area contributed by atoms with Crippen LogP contribution < -0.4 is 5.32 Å². The molecule has 0 bridgehead atoms. The summed E-state index contributed by atoms with van der Waals surface area (Å²) in [7, 11) is 0. The smallest absolute Gasteiger partial charge is 0.358 e. The van der Waals surface area contributed by atoms with E-state index in [-0.39, 0.29) is 17.9 Å². The van der Waals surface area contributed by atoms with Crippen molar-refractivity contribution in [2.24, 2.45) is 0 Å². The maximum absolute atomic E-state index is 12.2. The quantitative estimate of drug-likeness (QED) is 0.725. The minimum absolute atomic E-state index is 0.161. The number of nitrogens with one attached hydrogen (secondary N) is 1. The first-order chi connectivity index (χ1) is 12.0. The molecule has 2 heterocycles. The Bertz CT molecular complexity index is 927. The SMILES string of the molecule is O=C(Cn1nnc(C(=O)O)c1-c1ccccn1)Nc1cccc(Cl)c1. The Morgan fingerprint density at radius 3 is 2.72 bits per heavy atom. The number of halogens is 1. The van der Waals surface area contributed by atoms with E-state index >= 15 is 0 Å². The Hall–Kier alpha value is -3.26. The number of aromatic carboxylic acids is 1. The van der Waals surface area contributed by atoms with Crippen molar-refractivity contribution in [1.29, 1.82) is 0 Å². The van der Waals surface area contributed by atoms with Crippen molar-refractivity contribution in [3.8, 4) is 11.4 Å². The predicted octanol–water partition coefficient (Wildman–Crippen LogP) is 2.33. The van der Waals surface area contributed by atoms with Gasteiger partial charge in [-0.1, -0.05) is 28.9 Å². The van der Waals surface area contributed by atoms with E-state index in [9.17, 15) is 14.7 Å². The Balaban J connectivity index is 1.87. The van der Waals surface area contributed by atoms with Crippen LogP contribution in [0.1, 0.15) is 10.5 Å². The van der Waals surface area contributed by atoms with E-state index < -0.39 is 11.9 Å². The minimum Gasteiger partial charge on any atom is -0.476 e. The molecule has 0 unspecified atom stereocenters. The molecule has 0 aliphatic heterocycles. The molecule has 126 valence electrons. The largest absolute Gasteiger partial charge is 0.476 e. The topological polar surface area (TPSA) is 110 Å². The summed E-state index contributed by atoms with van der Waals surface area (Å²) >= 11 is 5.88. The number of pyridine rings is 1. The lowest BCUT2D eigenvalue weighted by Gasteiger charge is -2.08. The second-order valence-electron chi connectivity index (χ2n) is 5.02. The van der Waals surface area contributed by atoms with E-state index in [2.05, 4.69) is 20.6 Å². The number of carboxylic acid groups (broad SMARTS) is 1. The van der Waals surface area contributed by atoms with E-state index in [1.165, 1.54) is 10.9 Å². The number of amides is 1. The fourth-order valence-corrected chi connectivity index (χ4v) is 2.42. The summed E-state index contributed by atoms with van der Waals surface area (Å²) in [6.07, 6.45) is 1.52. The van der Waals surface area contributed by atoms with Crippen LogP contribution in [0.15, 0.2) is 48.7 Å². The van der Waals surface area contributed by atoms with Gasteiger partial charge in [0.1, 0.15) is 12.2 Å². The van der Waals surface area contributed by atoms with Gasteiger partial charge in [-0.05, 0) is 30.3 Å². The molecule has 0 atom stereocenters. The molecular formula is C16H12ClN5O3. The summed E-state index contributed by atoms with van der Waals surface area (Å²) in [5.74, 6) is -1.65. The highest BCUT2D eigenvalue weighted by molar-refractivity contribution is 6.30. The molecule has 1 amide bonds. The molecule has 2 aromatic heterocycles. The number of anilines is 1. The molecule has 0 aliphatic rings. The summed E-state index contributed by atoms with van der Waals surface area (Å²) in [6, 6.07) is 11.7. The maximum atomic E-state index is 12.2. The number of benzene rings is 1. The van der Waals surface area contributed by atoms with Gasteiger partial charge in [0.15, 0.2) is 5.69 Å². The van der Waals surface area contributed by atoms with Gasteiger partial charge in [-0.3, -0.25) is 9.78 Å². The monoisotopic (exact) mass is 357 g/mol. The number of carbonyl (C=O) groups excluding carboxylic acids is 1. The average Bonchev–Trinajstić information content (AvgIpc) is 2.99. The second-order valence-corrected chi connectivity index (χ2v) is 5.46. The van der Waals surface area contributed by atoms with Crippen LogP contribution in [0.3, 0.4) is 0 Å². The molecule has 3 aromatic rings. The van der Waals surface area contributed by atoms with Crippen molar-refractivity contribution >= 4 is 29.2 Å². The Labute approximate surface area is 147 Å². The number of hydrogen-bond donors (Lipinski definition) is 2. The van der Waals surface area contributed by atoms with Crippen molar-refractivity contribution in [3.63, 3.8) is 0 Å². The third-order valence-corrected chi connectivity index (χ3v) is 3.48. The van der Waals surface area contributed by atoms with Crippen LogP contribution in [0.4, 0.5) is 5.69 Å². The van der Waals surface area contributed by atoms with Crippen LogP contribution in [0.2, 0.25) is 5.02 Å². The molecule has 9 heteroatoms. The van der Waals surface area contributed by atoms with Crippen molar-refractivity contribution in [2.75, 3.05) is 5.32 Å². The summed E-state index contributed by atoms with van der Waals surface area (Å²) in [5.41, 5.74) is 0.777. The first-order valence-corrected chi connectivity index (χ1v) is 7.56. The number of aromatic nitrogens is 4. The highest BCUT2D eigenvalue weighted by Crippen LogP contribution is 2.20. The summed E-state index contributed by atoms with van der Waals surface area (Å²) in [6.45, 7) is -0.224. The molecular weight excluding hydrogens is 346 g/mol. The Kier molecular flexibility index (Phi) is 4.71. The van der Waals surface area contributed by atoms with Gasteiger partial charge in [0.05, 0.1) is 5.69 Å². The number of nitrogens with zero attached hydrogens (tertiary/aromatic N) is 4. The number of hydrogen-bond acceptors (Lipinski definition) is 5. The lowest BCUT2D eigenvalue weighted by molar-refractivity contribution is -0.116. The van der Waals surface area contributed by atoms with Gasteiger partial charge in [0, 0.05) is 16.9 Å². The van der Waals surface area contributed by atoms with Gasteiger partial charge in [-0.2, -0.15) is 0 Å². The van der Waals surface area contributed by atoms with Gasteiger partial charge in [0.2, 0.25) is 5.91 Å². The minimum atomic E-state index is -1.25. The lowest BCUT2D eigenvalue weighted by atomic mass is 10.2. The van der Waals surface area contributed by atoms with Crippen molar-refractivity contribution in [2.45, 2.75) is 6.54 Å². The van der Waals surface area contributed by atoms with Crippen LogP contribution in [-0.4, -0.2) is 37.0 Å². The standard InChI is InChI=1S/C16H12ClN5O3/c17-10-4-3-5-11(8-10)19-13(23)9-22-15(12-6-1-2-7-18-12)14(16(24)25)20-21-22/h1-8H,9H2,(H,19,23)(H,24,25). The average molecular weight is 358 g/mol. The lowest BCUT2D eigenvalue weighted by Crippen LogP contribution is -2.20. The van der Waals surface area contributed by atoms with Gasteiger partial charge in [-0.15, -0.1) is 5.10 Å². The molecule has 0 radical (unpaired) electrons.